The van der Waals surface area contributed by atoms with Crippen molar-refractivity contribution in [2.45, 2.75) is 17.6 Å². The number of rotatable bonds is 2. The van der Waals surface area contributed by atoms with Gasteiger partial charge in [0.2, 0.25) is 0 Å². The zero-order valence-electron chi connectivity index (χ0n) is 10.8. The van der Waals surface area contributed by atoms with Crippen LogP contribution in [0.3, 0.4) is 0 Å². The highest BCUT2D eigenvalue weighted by Gasteiger charge is 2.30. The van der Waals surface area contributed by atoms with E-state index < -0.39 is 15.8 Å². The van der Waals surface area contributed by atoms with Crippen molar-refractivity contribution >= 4 is 27.1 Å². The molecule has 0 spiro atoms. The molecular formula is C14H12O4S2. The highest BCUT2D eigenvalue weighted by molar-refractivity contribution is 7.91. The molecule has 0 bridgehead atoms. The maximum atomic E-state index is 12.2. The molecular weight excluding hydrogens is 296 g/mol. The largest absolute Gasteiger partial charge is 0.462 e. The summed E-state index contributed by atoms with van der Waals surface area (Å²) >= 11 is 1.29. The SMILES string of the molecule is CCOC(=O)c1cc2c(s1)-c1ccccc1S(=O)(=O)C2. The van der Waals surface area contributed by atoms with E-state index in [1.165, 1.54) is 11.3 Å². The van der Waals surface area contributed by atoms with Crippen LogP contribution in [0.4, 0.5) is 0 Å². The molecule has 3 rings (SSSR count). The second-order valence-electron chi connectivity index (χ2n) is 4.44. The average molecular weight is 308 g/mol. The molecule has 1 aromatic carbocycles. The van der Waals surface area contributed by atoms with E-state index in [1.54, 1.807) is 37.3 Å². The highest BCUT2D eigenvalue weighted by Crippen LogP contribution is 2.42. The molecule has 0 aliphatic carbocycles. The molecule has 0 fully saturated rings. The Bertz CT molecular complexity index is 787. The summed E-state index contributed by atoms with van der Waals surface area (Å²) in [4.78, 5) is 13.4. The van der Waals surface area contributed by atoms with Gasteiger partial charge in [0.25, 0.3) is 0 Å². The molecule has 104 valence electrons. The average Bonchev–Trinajstić information content (AvgIpc) is 2.82. The van der Waals surface area contributed by atoms with E-state index in [4.69, 9.17) is 4.74 Å². The third-order valence-corrected chi connectivity index (χ3v) is 6.01. The standard InChI is InChI=1S/C14H12O4S2/c1-2-18-14(15)11-7-9-8-20(16,17)12-6-4-3-5-10(12)13(9)19-11/h3-7H,2,8H2,1H3. The first-order valence-electron chi connectivity index (χ1n) is 6.15. The lowest BCUT2D eigenvalue weighted by Gasteiger charge is -2.15. The molecule has 1 aromatic heterocycles. The molecule has 0 amide bonds. The Hall–Kier alpha value is -1.66. The summed E-state index contributed by atoms with van der Waals surface area (Å²) in [5.41, 5.74) is 1.35. The summed E-state index contributed by atoms with van der Waals surface area (Å²) in [5, 5.41) is 0. The van der Waals surface area contributed by atoms with E-state index in [9.17, 15) is 13.2 Å². The van der Waals surface area contributed by atoms with Crippen molar-refractivity contribution in [2.75, 3.05) is 6.61 Å². The first-order valence-corrected chi connectivity index (χ1v) is 8.62. The van der Waals surface area contributed by atoms with Gasteiger partial charge >= 0.3 is 5.97 Å². The summed E-state index contributed by atoms with van der Waals surface area (Å²) in [6.07, 6.45) is 0. The quantitative estimate of drug-likeness (QED) is 0.800. The molecule has 6 heteroatoms. The van der Waals surface area contributed by atoms with Gasteiger partial charge in [-0.2, -0.15) is 0 Å². The van der Waals surface area contributed by atoms with Crippen molar-refractivity contribution in [1.82, 2.24) is 0 Å². The first-order chi connectivity index (χ1) is 9.53. The second-order valence-corrected chi connectivity index (χ2v) is 7.45. The molecule has 2 aromatic rings. The Balaban J connectivity index is 2.17. The number of carbonyl (C=O) groups is 1. The van der Waals surface area contributed by atoms with Crippen LogP contribution < -0.4 is 0 Å². The smallest absolute Gasteiger partial charge is 0.348 e. The van der Waals surface area contributed by atoms with Gasteiger partial charge in [-0.25, -0.2) is 13.2 Å². The molecule has 20 heavy (non-hydrogen) atoms. The minimum atomic E-state index is -3.33. The molecule has 0 N–H and O–H groups in total. The monoisotopic (exact) mass is 308 g/mol. The van der Waals surface area contributed by atoms with Crippen molar-refractivity contribution in [1.29, 1.82) is 0 Å². The predicted molar refractivity (Wildman–Crippen MR) is 76.6 cm³/mol. The fourth-order valence-corrected chi connectivity index (χ4v) is 5.13. The third kappa shape index (κ3) is 2.05. The van der Waals surface area contributed by atoms with Crippen LogP contribution in [0, 0.1) is 0 Å². The van der Waals surface area contributed by atoms with Gasteiger partial charge in [0.05, 0.1) is 17.3 Å². The minimum Gasteiger partial charge on any atom is -0.462 e. The number of ether oxygens (including phenoxy) is 1. The maximum absolute atomic E-state index is 12.2. The normalized spacial score (nSPS) is 15.2. The zero-order chi connectivity index (χ0) is 14.3. The number of hydrogen-bond acceptors (Lipinski definition) is 5. The van der Waals surface area contributed by atoms with Crippen molar-refractivity contribution < 1.29 is 17.9 Å². The summed E-state index contributed by atoms with van der Waals surface area (Å²) in [6, 6.07) is 8.52. The predicted octanol–water partition coefficient (Wildman–Crippen LogP) is 2.88. The van der Waals surface area contributed by atoms with E-state index in [-0.39, 0.29) is 5.75 Å². The summed E-state index contributed by atoms with van der Waals surface area (Å²) in [5.74, 6) is -0.461. The van der Waals surface area contributed by atoms with Gasteiger partial charge < -0.3 is 4.74 Å². The van der Waals surface area contributed by atoms with Crippen molar-refractivity contribution in [3.8, 4) is 10.4 Å². The molecule has 2 heterocycles. The lowest BCUT2D eigenvalue weighted by atomic mass is 10.1. The van der Waals surface area contributed by atoms with Crippen molar-refractivity contribution in [2.24, 2.45) is 0 Å². The number of sulfone groups is 1. The van der Waals surface area contributed by atoms with Crippen LogP contribution in [0.1, 0.15) is 22.2 Å². The first kappa shape index (κ1) is 13.3. The van der Waals surface area contributed by atoms with Gasteiger partial charge in [0.15, 0.2) is 9.84 Å². The Labute approximate surface area is 120 Å². The van der Waals surface area contributed by atoms with Crippen LogP contribution in [0.15, 0.2) is 35.2 Å². The number of fused-ring (bicyclic) bond motifs is 3. The molecule has 0 saturated carbocycles. The number of hydrogen-bond donors (Lipinski definition) is 0. The van der Waals surface area contributed by atoms with Crippen LogP contribution in [0.2, 0.25) is 0 Å². The number of carbonyl (C=O) groups excluding carboxylic acids is 1. The van der Waals surface area contributed by atoms with Gasteiger partial charge in [-0.3, -0.25) is 0 Å². The Kier molecular flexibility index (Phi) is 3.14. The summed E-state index contributed by atoms with van der Waals surface area (Å²) in [7, 11) is -3.33. The van der Waals surface area contributed by atoms with Crippen LogP contribution in [0.5, 0.6) is 0 Å². The van der Waals surface area contributed by atoms with Crippen LogP contribution >= 0.6 is 11.3 Å². The molecule has 0 unspecified atom stereocenters. The summed E-state index contributed by atoms with van der Waals surface area (Å²) in [6.45, 7) is 2.04. The molecule has 1 aliphatic heterocycles. The Morgan fingerprint density at radius 3 is 2.85 bits per heavy atom. The maximum Gasteiger partial charge on any atom is 0.348 e. The van der Waals surface area contributed by atoms with E-state index in [0.29, 0.717) is 27.5 Å². The number of thiophene rings is 1. The van der Waals surface area contributed by atoms with E-state index in [1.807, 2.05) is 0 Å². The molecule has 4 nitrogen and oxygen atoms in total. The molecule has 1 aliphatic rings. The zero-order valence-corrected chi connectivity index (χ0v) is 12.4. The van der Waals surface area contributed by atoms with Gasteiger partial charge in [0.1, 0.15) is 4.88 Å². The highest BCUT2D eigenvalue weighted by atomic mass is 32.2. The van der Waals surface area contributed by atoms with Gasteiger partial charge in [-0.15, -0.1) is 11.3 Å². The van der Waals surface area contributed by atoms with Crippen LogP contribution in [-0.2, 0) is 20.3 Å². The van der Waals surface area contributed by atoms with Gasteiger partial charge in [0, 0.05) is 10.4 Å². The fraction of sp³-hybridized carbons (Fsp3) is 0.214. The lowest BCUT2D eigenvalue weighted by Crippen LogP contribution is -2.11. The van der Waals surface area contributed by atoms with E-state index >= 15 is 0 Å². The topological polar surface area (TPSA) is 60.4 Å². The second kappa shape index (κ2) is 4.71. The summed E-state index contributed by atoms with van der Waals surface area (Å²) < 4.78 is 29.4. The van der Waals surface area contributed by atoms with E-state index in [2.05, 4.69) is 0 Å². The van der Waals surface area contributed by atoms with Crippen molar-refractivity contribution in [3.05, 3.63) is 40.8 Å². The number of esters is 1. The lowest BCUT2D eigenvalue weighted by molar-refractivity contribution is 0.0532. The molecule has 0 saturated heterocycles. The van der Waals surface area contributed by atoms with Crippen LogP contribution in [-0.4, -0.2) is 21.0 Å². The number of benzene rings is 1. The minimum absolute atomic E-state index is 0.0603. The Morgan fingerprint density at radius 1 is 1.35 bits per heavy atom. The van der Waals surface area contributed by atoms with Crippen LogP contribution in [0.25, 0.3) is 10.4 Å². The van der Waals surface area contributed by atoms with Gasteiger partial charge in [-0.05, 0) is 24.6 Å². The third-order valence-electron chi connectivity index (χ3n) is 3.10. The van der Waals surface area contributed by atoms with Gasteiger partial charge in [-0.1, -0.05) is 18.2 Å². The molecule has 0 atom stereocenters. The molecule has 0 radical (unpaired) electrons. The Morgan fingerprint density at radius 2 is 2.10 bits per heavy atom. The van der Waals surface area contributed by atoms with E-state index in [0.717, 1.165) is 4.88 Å². The fourth-order valence-electron chi connectivity index (χ4n) is 2.27. The van der Waals surface area contributed by atoms with Crippen molar-refractivity contribution in [3.63, 3.8) is 0 Å².